The van der Waals surface area contributed by atoms with E-state index in [1.165, 1.54) is 0 Å². The number of nitrogens with zero attached hydrogens (tertiary/aromatic N) is 4. The molecule has 0 aromatic heterocycles. The van der Waals surface area contributed by atoms with Crippen molar-refractivity contribution < 1.29 is 0 Å². The third kappa shape index (κ3) is 13.9. The van der Waals surface area contributed by atoms with Crippen LogP contribution in [0, 0.1) is 0 Å². The molecule has 0 bridgehead atoms. The van der Waals surface area contributed by atoms with Gasteiger partial charge in [0.05, 0.1) is 12.2 Å². The van der Waals surface area contributed by atoms with Gasteiger partial charge in [-0.1, -0.05) is 119 Å². The summed E-state index contributed by atoms with van der Waals surface area (Å²) in [7, 11) is 0. The molecule has 2 heterocycles. The highest BCUT2D eigenvalue weighted by atomic mass is 15.4. The number of allylic oxidation sites excluding steroid dienone is 11. The van der Waals surface area contributed by atoms with Gasteiger partial charge in [0, 0.05) is 37.6 Å². The van der Waals surface area contributed by atoms with E-state index in [2.05, 4.69) is 58.7 Å². The fraction of sp³-hybridized carbons (Fsp3) is 0.457. The van der Waals surface area contributed by atoms with Crippen LogP contribution in [0.5, 0.6) is 0 Å². The van der Waals surface area contributed by atoms with E-state index >= 15 is 0 Å². The van der Waals surface area contributed by atoms with Crippen LogP contribution in [0.4, 0.5) is 0 Å². The molecule has 4 nitrogen and oxygen atoms in total. The molecule has 0 spiro atoms. The number of piperazine rings is 1. The Kier molecular flexibility index (Phi) is 30.5. The first kappa shape index (κ1) is 42.8. The van der Waals surface area contributed by atoms with Crippen molar-refractivity contribution in [1.29, 1.82) is 0 Å². The first-order chi connectivity index (χ1) is 18.1. The van der Waals surface area contributed by atoms with Crippen LogP contribution in [0.15, 0.2) is 114 Å². The van der Waals surface area contributed by atoms with Gasteiger partial charge in [-0.2, -0.15) is 0 Å². The van der Waals surface area contributed by atoms with Crippen LogP contribution in [-0.2, 0) is 0 Å². The maximum Gasteiger partial charge on any atom is 0.206 e. The van der Waals surface area contributed by atoms with Crippen LogP contribution in [0.2, 0.25) is 0 Å². The van der Waals surface area contributed by atoms with Crippen LogP contribution < -0.4 is 0 Å². The quantitative estimate of drug-likeness (QED) is 0.301. The molecule has 0 amide bonds. The van der Waals surface area contributed by atoms with Crippen molar-refractivity contribution in [2.45, 2.75) is 77.2 Å². The minimum atomic E-state index is 0. The Bertz CT molecular complexity index is 870. The summed E-state index contributed by atoms with van der Waals surface area (Å²) in [5, 5.41) is 0. The fourth-order valence-electron chi connectivity index (χ4n) is 3.67. The summed E-state index contributed by atoms with van der Waals surface area (Å²) < 4.78 is 0. The van der Waals surface area contributed by atoms with Crippen molar-refractivity contribution in [2.75, 3.05) is 32.7 Å². The van der Waals surface area contributed by atoms with Crippen LogP contribution in [0.1, 0.15) is 77.2 Å². The molecule has 0 saturated carbocycles. The van der Waals surface area contributed by atoms with E-state index in [0.717, 1.165) is 61.3 Å². The summed E-state index contributed by atoms with van der Waals surface area (Å²) in [5.41, 5.74) is 4.34. The van der Waals surface area contributed by atoms with E-state index in [1.807, 2.05) is 105 Å². The summed E-state index contributed by atoms with van der Waals surface area (Å²) in [5.74, 6) is 0.974. The van der Waals surface area contributed by atoms with Crippen molar-refractivity contribution in [3.63, 3.8) is 0 Å². The lowest BCUT2D eigenvalue weighted by atomic mass is 10.1. The van der Waals surface area contributed by atoms with Gasteiger partial charge in [0.25, 0.3) is 0 Å². The number of guanidine groups is 1. The maximum absolute atomic E-state index is 5.06. The molecule has 0 radical (unpaired) electrons. The average molecular weight is 539 g/mol. The third-order valence-electron chi connectivity index (χ3n) is 5.29. The maximum atomic E-state index is 5.06. The zero-order valence-electron chi connectivity index (χ0n) is 25.3. The van der Waals surface area contributed by atoms with Crippen molar-refractivity contribution in [3.05, 3.63) is 109 Å². The molecule has 39 heavy (non-hydrogen) atoms. The Morgan fingerprint density at radius 1 is 0.744 bits per heavy atom. The molecular formula is C35H62N4. The van der Waals surface area contributed by atoms with E-state index in [4.69, 9.17) is 4.99 Å². The lowest BCUT2D eigenvalue weighted by molar-refractivity contribution is 0.212. The Hall–Kier alpha value is -3.27. The summed E-state index contributed by atoms with van der Waals surface area (Å²) in [6, 6.07) is 0. The molecule has 2 aliphatic heterocycles. The summed E-state index contributed by atoms with van der Waals surface area (Å²) in [4.78, 5) is 12.0. The zero-order valence-corrected chi connectivity index (χ0v) is 25.3. The number of aliphatic imine (C=N–C) groups is 1. The molecule has 2 aliphatic rings. The standard InChI is InChI=1S/C27H36N4.3C2H6.2CH4/c1-7-13-16-24(10-4)29-18-20-30(21-19-29)27-28-26(12-6)23(15-9-3)22-31(27)25(11-5)17-14-8-2;3*1-2;;/h7-17H,3-5,18-22H2,1-2,6H3;3*1-2H3;2*1H4/b13-7-,14-8-,23-15-,24-16+,25-17+,26-12+;;;;;. The van der Waals surface area contributed by atoms with Crippen LogP contribution in [-0.4, -0.2) is 53.4 Å². The number of hydrogen-bond acceptors (Lipinski definition) is 4. The highest BCUT2D eigenvalue weighted by Crippen LogP contribution is 2.26. The van der Waals surface area contributed by atoms with Crippen molar-refractivity contribution >= 4 is 5.96 Å². The summed E-state index contributed by atoms with van der Waals surface area (Å²) in [6.07, 6.45) is 22.1. The monoisotopic (exact) mass is 538 g/mol. The topological polar surface area (TPSA) is 22.1 Å². The molecule has 2 rings (SSSR count). The molecule has 0 N–H and O–H groups in total. The Labute approximate surface area is 244 Å². The molecule has 0 unspecified atom stereocenters. The number of rotatable bonds is 7. The summed E-state index contributed by atoms with van der Waals surface area (Å²) in [6.45, 7) is 34.3. The molecule has 0 aromatic rings. The highest BCUT2D eigenvalue weighted by molar-refractivity contribution is 5.86. The van der Waals surface area contributed by atoms with E-state index < -0.39 is 0 Å². The zero-order chi connectivity index (χ0) is 28.6. The molecule has 222 valence electrons. The lowest BCUT2D eigenvalue weighted by Crippen LogP contribution is -2.54. The predicted octanol–water partition coefficient (Wildman–Crippen LogP) is 9.93. The minimum absolute atomic E-state index is 0. The molecule has 4 heteroatoms. The molecular weight excluding hydrogens is 476 g/mol. The predicted molar refractivity (Wildman–Crippen MR) is 183 cm³/mol. The largest absolute Gasteiger partial charge is 0.368 e. The second kappa shape index (κ2) is 27.8. The molecule has 1 saturated heterocycles. The van der Waals surface area contributed by atoms with Gasteiger partial charge in [0.15, 0.2) is 0 Å². The Morgan fingerprint density at radius 3 is 1.64 bits per heavy atom. The van der Waals surface area contributed by atoms with Gasteiger partial charge in [0.1, 0.15) is 0 Å². The van der Waals surface area contributed by atoms with E-state index in [1.54, 1.807) is 0 Å². The van der Waals surface area contributed by atoms with Gasteiger partial charge in [-0.05, 0) is 50.6 Å². The van der Waals surface area contributed by atoms with Gasteiger partial charge in [0.2, 0.25) is 5.96 Å². The normalized spacial score (nSPS) is 17.5. The van der Waals surface area contributed by atoms with Gasteiger partial charge < -0.3 is 14.7 Å². The Morgan fingerprint density at radius 2 is 1.23 bits per heavy atom. The molecule has 1 fully saturated rings. The second-order valence-corrected chi connectivity index (χ2v) is 7.22. The average Bonchev–Trinajstić information content (AvgIpc) is 2.97. The van der Waals surface area contributed by atoms with Crippen LogP contribution >= 0.6 is 0 Å². The van der Waals surface area contributed by atoms with Gasteiger partial charge >= 0.3 is 0 Å². The van der Waals surface area contributed by atoms with Crippen molar-refractivity contribution in [2.24, 2.45) is 4.99 Å². The van der Waals surface area contributed by atoms with E-state index in [-0.39, 0.29) is 14.9 Å². The first-order valence-corrected chi connectivity index (χ1v) is 13.9. The minimum Gasteiger partial charge on any atom is -0.368 e. The van der Waals surface area contributed by atoms with Gasteiger partial charge in [-0.15, -0.1) is 0 Å². The van der Waals surface area contributed by atoms with E-state index in [0.29, 0.717) is 0 Å². The smallest absolute Gasteiger partial charge is 0.206 e. The summed E-state index contributed by atoms with van der Waals surface area (Å²) >= 11 is 0. The van der Waals surface area contributed by atoms with Crippen molar-refractivity contribution in [1.82, 2.24) is 14.7 Å². The fourth-order valence-corrected chi connectivity index (χ4v) is 3.67. The molecule has 0 atom stereocenters. The van der Waals surface area contributed by atoms with Crippen molar-refractivity contribution in [3.8, 4) is 0 Å². The SMILES string of the molecule is C.C.C=C/C=C1/CN(/C(C=C)=C/C=C\C)C(N2CCN(/C(C=C)=C/C=C\C)CC2)=N/C1=C/C.CC.CC.CC. The Balaban J connectivity index is -0.000000714. The van der Waals surface area contributed by atoms with Crippen LogP contribution in [0.3, 0.4) is 0 Å². The van der Waals surface area contributed by atoms with Crippen LogP contribution in [0.25, 0.3) is 0 Å². The van der Waals surface area contributed by atoms with E-state index in [9.17, 15) is 0 Å². The molecule has 0 aliphatic carbocycles. The second-order valence-electron chi connectivity index (χ2n) is 7.22. The van der Waals surface area contributed by atoms with Gasteiger partial charge in [-0.25, -0.2) is 4.99 Å². The first-order valence-electron chi connectivity index (χ1n) is 13.9. The van der Waals surface area contributed by atoms with Gasteiger partial charge in [-0.3, -0.25) is 0 Å². The third-order valence-corrected chi connectivity index (χ3v) is 5.29. The number of hydrogen-bond donors (Lipinski definition) is 0. The lowest BCUT2D eigenvalue weighted by Gasteiger charge is -2.43. The highest BCUT2D eigenvalue weighted by Gasteiger charge is 2.29. The molecule has 0 aromatic carbocycles.